The van der Waals surface area contributed by atoms with Crippen LogP contribution < -0.4 is 5.32 Å². The van der Waals surface area contributed by atoms with Crippen molar-refractivity contribution in [3.05, 3.63) is 23.8 Å². The van der Waals surface area contributed by atoms with Gasteiger partial charge in [-0.05, 0) is 31.4 Å². The Labute approximate surface area is 106 Å². The Morgan fingerprint density at radius 3 is 2.82 bits per heavy atom. The SMILES string of the molecule is Cc1cccc2sc(NC3CCCCC3)nc12. The van der Waals surface area contributed by atoms with Gasteiger partial charge in [-0.2, -0.15) is 0 Å². The van der Waals surface area contributed by atoms with Crippen LogP contribution in [0.15, 0.2) is 18.2 Å². The summed E-state index contributed by atoms with van der Waals surface area (Å²) in [6, 6.07) is 7.04. The van der Waals surface area contributed by atoms with Crippen LogP contribution in [-0.2, 0) is 0 Å². The van der Waals surface area contributed by atoms with Crippen molar-refractivity contribution in [2.24, 2.45) is 0 Å². The number of thiazole rings is 1. The molecule has 0 bridgehead atoms. The lowest BCUT2D eigenvalue weighted by Crippen LogP contribution is -2.21. The molecule has 90 valence electrons. The average molecular weight is 246 g/mol. The summed E-state index contributed by atoms with van der Waals surface area (Å²) >= 11 is 1.78. The second kappa shape index (κ2) is 4.65. The Morgan fingerprint density at radius 2 is 2.06 bits per heavy atom. The molecule has 0 radical (unpaired) electrons. The number of hydrogen-bond acceptors (Lipinski definition) is 3. The van der Waals surface area contributed by atoms with Crippen LogP contribution in [0.25, 0.3) is 10.2 Å². The van der Waals surface area contributed by atoms with Gasteiger partial charge in [0.1, 0.15) is 0 Å². The number of fused-ring (bicyclic) bond motifs is 1. The van der Waals surface area contributed by atoms with Crippen LogP contribution in [0.4, 0.5) is 5.13 Å². The van der Waals surface area contributed by atoms with E-state index >= 15 is 0 Å². The lowest BCUT2D eigenvalue weighted by atomic mass is 9.96. The number of nitrogens with one attached hydrogen (secondary N) is 1. The van der Waals surface area contributed by atoms with Gasteiger partial charge in [-0.25, -0.2) is 4.98 Å². The average Bonchev–Trinajstić information content (AvgIpc) is 2.74. The second-order valence-electron chi connectivity index (χ2n) is 4.92. The van der Waals surface area contributed by atoms with Crippen molar-refractivity contribution in [1.82, 2.24) is 4.98 Å². The van der Waals surface area contributed by atoms with Crippen LogP contribution in [0.2, 0.25) is 0 Å². The first kappa shape index (κ1) is 11.0. The van der Waals surface area contributed by atoms with E-state index in [1.165, 1.54) is 42.4 Å². The highest BCUT2D eigenvalue weighted by Crippen LogP contribution is 2.30. The number of aromatic nitrogens is 1. The highest BCUT2D eigenvalue weighted by molar-refractivity contribution is 7.22. The van der Waals surface area contributed by atoms with Crippen molar-refractivity contribution in [3.8, 4) is 0 Å². The summed E-state index contributed by atoms with van der Waals surface area (Å²) in [4.78, 5) is 4.71. The number of hydrogen-bond donors (Lipinski definition) is 1. The monoisotopic (exact) mass is 246 g/mol. The van der Waals surface area contributed by atoms with Gasteiger partial charge in [-0.15, -0.1) is 0 Å². The summed E-state index contributed by atoms with van der Waals surface area (Å²) in [5.74, 6) is 0. The molecule has 3 rings (SSSR count). The van der Waals surface area contributed by atoms with E-state index in [4.69, 9.17) is 4.98 Å². The molecular weight excluding hydrogens is 228 g/mol. The zero-order chi connectivity index (χ0) is 11.7. The van der Waals surface area contributed by atoms with E-state index in [9.17, 15) is 0 Å². The zero-order valence-corrected chi connectivity index (χ0v) is 11.0. The van der Waals surface area contributed by atoms with Crippen LogP contribution >= 0.6 is 11.3 Å². The predicted molar refractivity (Wildman–Crippen MR) is 74.9 cm³/mol. The van der Waals surface area contributed by atoms with Gasteiger partial charge in [-0.1, -0.05) is 42.7 Å². The Kier molecular flexibility index (Phi) is 3.02. The van der Waals surface area contributed by atoms with E-state index in [0.29, 0.717) is 6.04 Å². The number of nitrogens with zero attached hydrogens (tertiary/aromatic N) is 1. The molecule has 1 aromatic heterocycles. The van der Waals surface area contributed by atoms with Crippen molar-refractivity contribution in [2.45, 2.75) is 45.1 Å². The molecule has 17 heavy (non-hydrogen) atoms. The lowest BCUT2D eigenvalue weighted by molar-refractivity contribution is 0.462. The summed E-state index contributed by atoms with van der Waals surface area (Å²) in [6.45, 7) is 2.13. The predicted octanol–water partition coefficient (Wildman–Crippen LogP) is 4.35. The Morgan fingerprint density at radius 1 is 1.24 bits per heavy atom. The fraction of sp³-hybridized carbons (Fsp3) is 0.500. The maximum Gasteiger partial charge on any atom is 0.184 e. The molecule has 0 saturated heterocycles. The zero-order valence-electron chi connectivity index (χ0n) is 10.2. The van der Waals surface area contributed by atoms with E-state index in [-0.39, 0.29) is 0 Å². The first-order valence-corrected chi connectivity index (χ1v) is 7.27. The van der Waals surface area contributed by atoms with Crippen LogP contribution in [0.1, 0.15) is 37.7 Å². The van der Waals surface area contributed by atoms with Gasteiger partial charge in [0.25, 0.3) is 0 Å². The van der Waals surface area contributed by atoms with E-state index in [1.807, 2.05) is 0 Å². The highest BCUT2D eigenvalue weighted by atomic mass is 32.1. The highest BCUT2D eigenvalue weighted by Gasteiger charge is 2.15. The molecule has 2 aromatic rings. The first-order chi connectivity index (χ1) is 8.33. The summed E-state index contributed by atoms with van der Waals surface area (Å²) in [5.41, 5.74) is 2.44. The number of benzene rings is 1. The van der Waals surface area contributed by atoms with Gasteiger partial charge in [-0.3, -0.25) is 0 Å². The molecule has 1 aliphatic carbocycles. The molecule has 1 aromatic carbocycles. The third kappa shape index (κ3) is 2.29. The molecule has 0 atom stereocenters. The normalized spacial score (nSPS) is 17.5. The fourth-order valence-corrected chi connectivity index (χ4v) is 3.59. The molecule has 0 spiro atoms. The van der Waals surface area contributed by atoms with Crippen molar-refractivity contribution in [2.75, 3.05) is 5.32 Å². The standard InChI is InChI=1S/C14H18N2S/c1-10-6-5-9-12-13(10)16-14(17-12)15-11-7-3-2-4-8-11/h5-6,9,11H,2-4,7-8H2,1H3,(H,15,16). The van der Waals surface area contributed by atoms with Gasteiger partial charge < -0.3 is 5.32 Å². The number of anilines is 1. The van der Waals surface area contributed by atoms with Gasteiger partial charge >= 0.3 is 0 Å². The number of aryl methyl sites for hydroxylation is 1. The molecule has 1 heterocycles. The number of rotatable bonds is 2. The third-order valence-corrected chi connectivity index (χ3v) is 4.51. The lowest BCUT2D eigenvalue weighted by Gasteiger charge is -2.22. The van der Waals surface area contributed by atoms with Crippen LogP contribution in [0, 0.1) is 6.92 Å². The summed E-state index contributed by atoms with van der Waals surface area (Å²) in [5, 5.41) is 4.70. The minimum atomic E-state index is 0.643. The number of para-hydroxylation sites is 1. The van der Waals surface area contributed by atoms with Crippen LogP contribution in [0.3, 0.4) is 0 Å². The molecule has 1 fully saturated rings. The molecule has 0 amide bonds. The largest absolute Gasteiger partial charge is 0.359 e. The molecule has 0 unspecified atom stereocenters. The Hall–Kier alpha value is -1.09. The van der Waals surface area contributed by atoms with Gasteiger partial charge in [0.05, 0.1) is 10.2 Å². The molecule has 0 aliphatic heterocycles. The summed E-state index contributed by atoms with van der Waals surface area (Å²) in [6.07, 6.45) is 6.73. The topological polar surface area (TPSA) is 24.9 Å². The van der Waals surface area contributed by atoms with Crippen molar-refractivity contribution in [3.63, 3.8) is 0 Å². The molecule has 1 N–H and O–H groups in total. The van der Waals surface area contributed by atoms with Crippen molar-refractivity contribution >= 4 is 26.7 Å². The quantitative estimate of drug-likeness (QED) is 0.852. The van der Waals surface area contributed by atoms with Gasteiger partial charge in [0, 0.05) is 6.04 Å². The molecular formula is C14H18N2S. The summed E-state index contributed by atoms with van der Waals surface area (Å²) in [7, 11) is 0. The van der Waals surface area contributed by atoms with Gasteiger partial charge in [0.2, 0.25) is 0 Å². The van der Waals surface area contributed by atoms with E-state index in [2.05, 4.69) is 30.4 Å². The molecule has 3 heteroatoms. The second-order valence-corrected chi connectivity index (χ2v) is 5.95. The molecule has 1 aliphatic rings. The smallest absolute Gasteiger partial charge is 0.184 e. The Bertz CT molecular complexity index is 512. The van der Waals surface area contributed by atoms with Crippen molar-refractivity contribution in [1.29, 1.82) is 0 Å². The van der Waals surface area contributed by atoms with E-state index in [1.54, 1.807) is 11.3 Å². The third-order valence-electron chi connectivity index (χ3n) is 3.55. The van der Waals surface area contributed by atoms with E-state index < -0.39 is 0 Å². The maximum absolute atomic E-state index is 4.71. The van der Waals surface area contributed by atoms with Crippen LogP contribution in [-0.4, -0.2) is 11.0 Å². The van der Waals surface area contributed by atoms with Gasteiger partial charge in [0.15, 0.2) is 5.13 Å². The Balaban J connectivity index is 1.83. The molecule has 2 nitrogen and oxygen atoms in total. The molecule has 1 saturated carbocycles. The minimum Gasteiger partial charge on any atom is -0.359 e. The van der Waals surface area contributed by atoms with Crippen LogP contribution in [0.5, 0.6) is 0 Å². The fourth-order valence-electron chi connectivity index (χ4n) is 2.57. The summed E-state index contributed by atoms with van der Waals surface area (Å²) < 4.78 is 1.29. The van der Waals surface area contributed by atoms with E-state index in [0.717, 1.165) is 10.6 Å². The van der Waals surface area contributed by atoms with Crippen molar-refractivity contribution < 1.29 is 0 Å². The minimum absolute atomic E-state index is 0.643. The first-order valence-electron chi connectivity index (χ1n) is 6.45. The maximum atomic E-state index is 4.71.